The molecule has 1 heterocycles. The Morgan fingerprint density at radius 1 is 1.24 bits per heavy atom. The Labute approximate surface area is 140 Å². The lowest BCUT2D eigenvalue weighted by Crippen LogP contribution is -2.42. The van der Waals surface area contributed by atoms with E-state index in [0.29, 0.717) is 18.9 Å². The van der Waals surface area contributed by atoms with E-state index >= 15 is 0 Å². The smallest absolute Gasteiger partial charge is 0.392 e. The van der Waals surface area contributed by atoms with E-state index in [2.05, 4.69) is 10.6 Å². The van der Waals surface area contributed by atoms with Gasteiger partial charge in [-0.15, -0.1) is 0 Å². The first-order valence-corrected chi connectivity index (χ1v) is 7.94. The van der Waals surface area contributed by atoms with E-state index in [0.717, 1.165) is 0 Å². The molecule has 2 aliphatic rings. The third-order valence-electron chi connectivity index (χ3n) is 4.54. The second-order valence-electron chi connectivity index (χ2n) is 6.53. The number of aliphatic hydroxyl groups excluding tert-OH is 1. The van der Waals surface area contributed by atoms with Crippen LogP contribution in [0.15, 0.2) is 12.1 Å². The minimum atomic E-state index is -4.99. The predicted octanol–water partition coefficient (Wildman–Crippen LogP) is 2.27. The average Bonchev–Trinajstić information content (AvgIpc) is 3.26. The molecular weight excluding hydrogens is 347 g/mol. The summed E-state index contributed by atoms with van der Waals surface area (Å²) in [5.41, 5.74) is -1.96. The van der Waals surface area contributed by atoms with Crippen molar-refractivity contribution in [3.63, 3.8) is 0 Å². The van der Waals surface area contributed by atoms with E-state index in [9.17, 15) is 31.9 Å². The van der Waals surface area contributed by atoms with Gasteiger partial charge in [0.05, 0.1) is 23.8 Å². The highest BCUT2D eigenvalue weighted by Gasteiger charge is 2.40. The van der Waals surface area contributed by atoms with E-state index in [1.54, 1.807) is 0 Å². The summed E-state index contributed by atoms with van der Waals surface area (Å²) in [4.78, 5) is 12.2. The summed E-state index contributed by atoms with van der Waals surface area (Å²) in [7, 11) is 0. The van der Waals surface area contributed by atoms with Crippen LogP contribution >= 0.6 is 0 Å². The second-order valence-corrected chi connectivity index (χ2v) is 6.53. The molecule has 1 saturated carbocycles. The molecule has 1 aliphatic heterocycles. The van der Waals surface area contributed by atoms with Gasteiger partial charge in [0.25, 0.3) is 0 Å². The molecule has 1 saturated heterocycles. The lowest BCUT2D eigenvalue weighted by Gasteiger charge is -2.22. The fourth-order valence-electron chi connectivity index (χ4n) is 3.07. The molecule has 0 spiro atoms. The third kappa shape index (κ3) is 3.92. The molecule has 138 valence electrons. The zero-order valence-corrected chi connectivity index (χ0v) is 13.0. The van der Waals surface area contributed by atoms with Crippen molar-refractivity contribution in [2.24, 2.45) is 5.92 Å². The van der Waals surface area contributed by atoms with E-state index < -0.39 is 47.5 Å². The minimum Gasteiger partial charge on any atom is -0.392 e. The maximum atomic E-state index is 14.2. The van der Waals surface area contributed by atoms with Gasteiger partial charge in [-0.3, -0.25) is 4.79 Å². The maximum Gasteiger partial charge on any atom is 0.419 e. The van der Waals surface area contributed by atoms with Crippen LogP contribution in [0.5, 0.6) is 0 Å². The SMILES string of the molecule is O=C(N[C@@H](c1cc(F)c(C(F)(F)F)cc1F)C1CC1)C1C[C@@H](O)CN1. The van der Waals surface area contributed by atoms with Gasteiger partial charge in [-0.2, -0.15) is 13.2 Å². The Balaban J connectivity index is 1.84. The Morgan fingerprint density at radius 2 is 1.92 bits per heavy atom. The number of carbonyl (C=O) groups excluding carboxylic acids is 1. The summed E-state index contributed by atoms with van der Waals surface area (Å²) < 4.78 is 66.1. The highest BCUT2D eigenvalue weighted by Crippen LogP contribution is 2.43. The Hall–Kier alpha value is -1.74. The van der Waals surface area contributed by atoms with Crippen LogP contribution in [-0.4, -0.2) is 29.7 Å². The van der Waals surface area contributed by atoms with Gasteiger partial charge >= 0.3 is 6.18 Å². The Bertz CT molecular complexity index is 675. The molecule has 0 bridgehead atoms. The summed E-state index contributed by atoms with van der Waals surface area (Å²) in [5.74, 6) is -3.42. The average molecular weight is 364 g/mol. The summed E-state index contributed by atoms with van der Waals surface area (Å²) in [6, 6.07) is -0.926. The predicted molar refractivity (Wildman–Crippen MR) is 77.4 cm³/mol. The maximum absolute atomic E-state index is 14.2. The monoisotopic (exact) mass is 364 g/mol. The topological polar surface area (TPSA) is 61.4 Å². The largest absolute Gasteiger partial charge is 0.419 e. The van der Waals surface area contributed by atoms with E-state index in [1.165, 1.54) is 0 Å². The van der Waals surface area contributed by atoms with Gasteiger partial charge in [-0.25, -0.2) is 8.78 Å². The molecule has 0 radical (unpaired) electrons. The van der Waals surface area contributed by atoms with Gasteiger partial charge in [0, 0.05) is 12.1 Å². The molecule has 0 aromatic heterocycles. The summed E-state index contributed by atoms with van der Waals surface area (Å²) in [6.45, 7) is 0.245. The molecular formula is C16H17F5N2O2. The lowest BCUT2D eigenvalue weighted by atomic mass is 9.98. The number of aliphatic hydroxyl groups is 1. The molecule has 1 aromatic rings. The third-order valence-corrected chi connectivity index (χ3v) is 4.54. The number of amides is 1. The van der Waals surface area contributed by atoms with Crippen LogP contribution in [-0.2, 0) is 11.0 Å². The van der Waals surface area contributed by atoms with Crippen LogP contribution in [0.4, 0.5) is 22.0 Å². The number of β-amino-alcohol motifs (C(OH)–C–C–N with tert-alkyl or cyclic N) is 1. The van der Waals surface area contributed by atoms with Crippen molar-refractivity contribution in [3.05, 3.63) is 34.9 Å². The number of benzene rings is 1. The van der Waals surface area contributed by atoms with Crippen molar-refractivity contribution >= 4 is 5.91 Å². The van der Waals surface area contributed by atoms with E-state index in [4.69, 9.17) is 0 Å². The molecule has 4 nitrogen and oxygen atoms in total. The number of hydrogen-bond donors (Lipinski definition) is 3. The molecule has 1 aromatic carbocycles. The van der Waals surface area contributed by atoms with Gasteiger partial charge < -0.3 is 15.7 Å². The van der Waals surface area contributed by atoms with Crippen molar-refractivity contribution in [1.82, 2.24) is 10.6 Å². The van der Waals surface area contributed by atoms with Crippen molar-refractivity contribution in [2.75, 3.05) is 6.54 Å². The first-order chi connectivity index (χ1) is 11.7. The van der Waals surface area contributed by atoms with Crippen molar-refractivity contribution in [2.45, 2.75) is 43.6 Å². The normalized spacial score (nSPS) is 25.0. The number of rotatable bonds is 4. The van der Waals surface area contributed by atoms with Crippen molar-refractivity contribution in [3.8, 4) is 0 Å². The minimum absolute atomic E-state index is 0.129. The van der Waals surface area contributed by atoms with Gasteiger partial charge in [0.2, 0.25) is 5.91 Å². The zero-order valence-electron chi connectivity index (χ0n) is 13.0. The number of nitrogens with one attached hydrogen (secondary N) is 2. The van der Waals surface area contributed by atoms with Crippen LogP contribution in [0, 0.1) is 17.6 Å². The second kappa shape index (κ2) is 6.53. The number of alkyl halides is 3. The molecule has 1 aliphatic carbocycles. The first-order valence-electron chi connectivity index (χ1n) is 7.94. The van der Waals surface area contributed by atoms with Crippen LogP contribution in [0.25, 0.3) is 0 Å². The first kappa shape index (κ1) is 18.1. The Morgan fingerprint density at radius 3 is 2.44 bits per heavy atom. The number of hydrogen-bond acceptors (Lipinski definition) is 3. The molecule has 9 heteroatoms. The van der Waals surface area contributed by atoms with Crippen molar-refractivity contribution < 1.29 is 31.9 Å². The van der Waals surface area contributed by atoms with Crippen LogP contribution in [0.2, 0.25) is 0 Å². The van der Waals surface area contributed by atoms with Gasteiger partial charge in [-0.1, -0.05) is 0 Å². The molecule has 3 rings (SSSR count). The quantitative estimate of drug-likeness (QED) is 0.719. The van der Waals surface area contributed by atoms with Crippen LogP contribution in [0.3, 0.4) is 0 Å². The highest BCUT2D eigenvalue weighted by molar-refractivity contribution is 5.82. The fourth-order valence-corrected chi connectivity index (χ4v) is 3.07. The summed E-state index contributed by atoms with van der Waals surface area (Å²) >= 11 is 0. The van der Waals surface area contributed by atoms with E-state index in [1.807, 2.05) is 0 Å². The molecule has 25 heavy (non-hydrogen) atoms. The van der Waals surface area contributed by atoms with E-state index in [-0.39, 0.29) is 30.5 Å². The molecule has 3 N–H and O–H groups in total. The molecule has 1 amide bonds. The molecule has 3 atom stereocenters. The number of carbonyl (C=O) groups is 1. The lowest BCUT2D eigenvalue weighted by molar-refractivity contribution is -0.140. The molecule has 2 fully saturated rings. The van der Waals surface area contributed by atoms with Gasteiger partial charge in [0.1, 0.15) is 11.6 Å². The Kier molecular flexibility index (Phi) is 4.72. The van der Waals surface area contributed by atoms with Gasteiger partial charge in [-0.05, 0) is 37.3 Å². The summed E-state index contributed by atoms with van der Waals surface area (Å²) in [6.07, 6.45) is -4.16. The van der Waals surface area contributed by atoms with Crippen LogP contribution in [0.1, 0.15) is 36.4 Å². The highest BCUT2D eigenvalue weighted by atomic mass is 19.4. The zero-order chi connectivity index (χ0) is 18.4. The fraction of sp³-hybridized carbons (Fsp3) is 0.562. The van der Waals surface area contributed by atoms with Crippen LogP contribution < -0.4 is 10.6 Å². The molecule has 1 unspecified atom stereocenters. The number of halogens is 5. The summed E-state index contributed by atoms with van der Waals surface area (Å²) in [5, 5.41) is 14.8. The van der Waals surface area contributed by atoms with Crippen molar-refractivity contribution in [1.29, 1.82) is 0 Å². The standard InChI is InChI=1S/C16H17F5N2O2/c17-11-5-10(16(19,20)21)12(18)4-9(11)14(7-1-2-7)23-15(25)13-3-8(24)6-22-13/h4-5,7-8,13-14,22,24H,1-3,6H2,(H,23,25)/t8-,13?,14-/m1/s1. The van der Waals surface area contributed by atoms with Gasteiger partial charge in [0.15, 0.2) is 0 Å².